The molecule has 0 aliphatic carbocycles. The molecule has 1 saturated heterocycles. The molecule has 0 bridgehead atoms. The fourth-order valence-corrected chi connectivity index (χ4v) is 3.31. The first-order valence-corrected chi connectivity index (χ1v) is 8.69. The van der Waals surface area contributed by atoms with E-state index in [1.165, 1.54) is 17.3 Å². The number of hydrogen-bond donors (Lipinski definition) is 0. The molecule has 1 aromatic carbocycles. The van der Waals surface area contributed by atoms with Gasteiger partial charge in [0.2, 0.25) is 11.6 Å². The minimum Gasteiger partial charge on any atom is -0.470 e. The molecule has 0 N–H and O–H groups in total. The summed E-state index contributed by atoms with van der Waals surface area (Å²) in [6, 6.07) is 8.42. The maximum atomic E-state index is 12.6. The molecule has 1 aromatic heterocycles. The lowest BCUT2D eigenvalue weighted by Gasteiger charge is -2.20. The van der Waals surface area contributed by atoms with Crippen LogP contribution in [-0.4, -0.2) is 63.2 Å². The molecular weight excluding hydrogens is 362 g/mol. The number of hydrogen-bond acceptors (Lipinski definition) is 7. The predicted octanol–water partition coefficient (Wildman–Crippen LogP) is 0.624. The number of benzene rings is 1. The predicted molar refractivity (Wildman–Crippen MR) is 94.2 cm³/mol. The quantitative estimate of drug-likeness (QED) is 0.717. The monoisotopic (exact) mass is 377 g/mol. The van der Waals surface area contributed by atoms with Crippen molar-refractivity contribution in [2.24, 2.45) is 0 Å². The molecule has 2 aromatic rings. The van der Waals surface area contributed by atoms with Gasteiger partial charge in [-0.1, -0.05) is 12.1 Å². The second kappa shape index (κ2) is 7.08. The largest absolute Gasteiger partial charge is 0.470 e. The fraction of sp³-hybridized carbons (Fsp3) is 0.263. The lowest BCUT2D eigenvalue weighted by atomic mass is 10.1. The fourth-order valence-electron chi connectivity index (χ4n) is 3.31. The number of carbonyl (C=O) groups is 3. The number of amides is 3. The first kappa shape index (κ1) is 17.6. The Kier molecular flexibility index (Phi) is 4.45. The van der Waals surface area contributed by atoms with Gasteiger partial charge in [0, 0.05) is 25.4 Å². The smallest absolute Gasteiger partial charge is 0.262 e. The molecule has 3 amide bonds. The zero-order chi connectivity index (χ0) is 19.7. The third-order valence-electron chi connectivity index (χ3n) is 4.72. The van der Waals surface area contributed by atoms with Crippen molar-refractivity contribution in [3.05, 3.63) is 53.5 Å². The van der Waals surface area contributed by atoms with Crippen LogP contribution in [0.1, 0.15) is 32.8 Å². The van der Waals surface area contributed by atoms with Gasteiger partial charge >= 0.3 is 0 Å². The molecule has 9 nitrogen and oxygen atoms in total. The lowest BCUT2D eigenvalue weighted by molar-refractivity contribution is -0.130. The molecule has 4 rings (SSSR count). The van der Waals surface area contributed by atoms with E-state index < -0.39 is 11.8 Å². The molecule has 1 fully saturated rings. The summed E-state index contributed by atoms with van der Waals surface area (Å²) in [4.78, 5) is 47.8. The Bertz CT molecular complexity index is 980. The molecule has 9 heteroatoms. The summed E-state index contributed by atoms with van der Waals surface area (Å²) in [6.45, 7) is 0.395. The van der Waals surface area contributed by atoms with E-state index >= 15 is 0 Å². The van der Waals surface area contributed by atoms with E-state index in [1.807, 2.05) is 6.07 Å². The third-order valence-corrected chi connectivity index (χ3v) is 4.72. The average molecular weight is 377 g/mol. The van der Waals surface area contributed by atoms with Gasteiger partial charge < -0.3 is 9.64 Å². The summed E-state index contributed by atoms with van der Waals surface area (Å²) in [5.74, 6) is -1.12. The van der Waals surface area contributed by atoms with Gasteiger partial charge in [0.15, 0.2) is 0 Å². The van der Waals surface area contributed by atoms with E-state index in [0.29, 0.717) is 24.1 Å². The second-order valence-electron chi connectivity index (χ2n) is 6.43. The second-order valence-corrected chi connectivity index (χ2v) is 6.43. The maximum Gasteiger partial charge on any atom is 0.262 e. The van der Waals surface area contributed by atoms with Gasteiger partial charge in [0.1, 0.15) is 18.7 Å². The van der Waals surface area contributed by atoms with Crippen molar-refractivity contribution in [1.82, 2.24) is 19.8 Å². The molecular formula is C19H15N5O4. The average Bonchev–Trinajstić information content (AvgIpc) is 3.28. The molecule has 28 heavy (non-hydrogen) atoms. The summed E-state index contributed by atoms with van der Waals surface area (Å²) in [5, 5.41) is 9.05. The molecule has 3 heterocycles. The van der Waals surface area contributed by atoms with Gasteiger partial charge in [0.05, 0.1) is 17.7 Å². The summed E-state index contributed by atoms with van der Waals surface area (Å²) in [7, 11) is 0. The molecule has 2 aliphatic rings. The van der Waals surface area contributed by atoms with Gasteiger partial charge in [-0.15, -0.1) is 0 Å². The Balaban J connectivity index is 1.39. The topological polar surface area (TPSA) is 116 Å². The van der Waals surface area contributed by atoms with Crippen LogP contribution in [0.25, 0.3) is 0 Å². The summed E-state index contributed by atoms with van der Waals surface area (Å²) in [5.41, 5.74) is 0.711. The SMILES string of the molecule is N#Cc1nccnc1OC1CCN(C(=O)CN2C(=O)c3ccccc3C2=O)C1. The molecule has 0 saturated carbocycles. The van der Waals surface area contributed by atoms with Crippen LogP contribution in [0.2, 0.25) is 0 Å². The Hall–Kier alpha value is -3.80. The van der Waals surface area contributed by atoms with Crippen molar-refractivity contribution in [2.45, 2.75) is 12.5 Å². The van der Waals surface area contributed by atoms with Crippen molar-refractivity contribution in [1.29, 1.82) is 5.26 Å². The molecule has 0 spiro atoms. The van der Waals surface area contributed by atoms with Crippen LogP contribution < -0.4 is 4.74 Å². The van der Waals surface area contributed by atoms with Crippen LogP contribution in [0.3, 0.4) is 0 Å². The number of nitrogens with zero attached hydrogens (tertiary/aromatic N) is 5. The molecule has 2 aliphatic heterocycles. The first-order chi connectivity index (χ1) is 13.6. The molecule has 1 unspecified atom stereocenters. The van der Waals surface area contributed by atoms with E-state index in [0.717, 1.165) is 4.90 Å². The number of carbonyl (C=O) groups excluding carboxylic acids is 3. The number of nitriles is 1. The number of likely N-dealkylation sites (tertiary alicyclic amines) is 1. The van der Waals surface area contributed by atoms with E-state index in [4.69, 9.17) is 10.00 Å². The molecule has 1 atom stereocenters. The van der Waals surface area contributed by atoms with Gasteiger partial charge in [0.25, 0.3) is 17.7 Å². The number of fused-ring (bicyclic) bond motifs is 1. The van der Waals surface area contributed by atoms with Crippen molar-refractivity contribution >= 4 is 17.7 Å². The van der Waals surface area contributed by atoms with Crippen LogP contribution in [0.4, 0.5) is 0 Å². The van der Waals surface area contributed by atoms with E-state index in [-0.39, 0.29) is 36.7 Å². The Morgan fingerprint density at radius 2 is 1.86 bits per heavy atom. The normalized spacial score (nSPS) is 18.2. The Morgan fingerprint density at radius 3 is 2.54 bits per heavy atom. The van der Waals surface area contributed by atoms with Gasteiger partial charge in [-0.25, -0.2) is 9.97 Å². The van der Waals surface area contributed by atoms with Crippen LogP contribution in [-0.2, 0) is 4.79 Å². The van der Waals surface area contributed by atoms with Crippen LogP contribution in [0.15, 0.2) is 36.7 Å². The summed E-state index contributed by atoms with van der Waals surface area (Å²) < 4.78 is 5.70. The highest BCUT2D eigenvalue weighted by atomic mass is 16.5. The number of imide groups is 1. The lowest BCUT2D eigenvalue weighted by Crippen LogP contribution is -2.42. The zero-order valence-electron chi connectivity index (χ0n) is 14.7. The number of aromatic nitrogens is 2. The summed E-state index contributed by atoms with van der Waals surface area (Å²) in [6.07, 6.45) is 3.04. The molecule has 0 radical (unpaired) electrons. The zero-order valence-corrected chi connectivity index (χ0v) is 14.7. The van der Waals surface area contributed by atoms with E-state index in [9.17, 15) is 14.4 Å². The third kappa shape index (κ3) is 3.05. The van der Waals surface area contributed by atoms with Crippen molar-refractivity contribution < 1.29 is 19.1 Å². The highest BCUT2D eigenvalue weighted by Crippen LogP contribution is 2.23. The Morgan fingerprint density at radius 1 is 1.18 bits per heavy atom. The molecule has 140 valence electrons. The van der Waals surface area contributed by atoms with Crippen LogP contribution in [0, 0.1) is 11.3 Å². The van der Waals surface area contributed by atoms with Gasteiger partial charge in [-0.3, -0.25) is 19.3 Å². The van der Waals surface area contributed by atoms with Crippen LogP contribution in [0.5, 0.6) is 5.88 Å². The maximum absolute atomic E-state index is 12.6. The Labute approximate surface area is 160 Å². The van der Waals surface area contributed by atoms with Crippen molar-refractivity contribution in [3.63, 3.8) is 0 Å². The van der Waals surface area contributed by atoms with E-state index in [2.05, 4.69) is 9.97 Å². The minimum absolute atomic E-state index is 0.0818. The van der Waals surface area contributed by atoms with E-state index in [1.54, 1.807) is 24.3 Å². The summed E-state index contributed by atoms with van der Waals surface area (Å²) >= 11 is 0. The van der Waals surface area contributed by atoms with Crippen molar-refractivity contribution in [3.8, 4) is 11.9 Å². The minimum atomic E-state index is -0.459. The number of rotatable bonds is 4. The first-order valence-electron chi connectivity index (χ1n) is 8.69. The highest BCUT2D eigenvalue weighted by Gasteiger charge is 2.38. The van der Waals surface area contributed by atoms with Gasteiger partial charge in [-0.05, 0) is 12.1 Å². The van der Waals surface area contributed by atoms with Gasteiger partial charge in [-0.2, -0.15) is 5.26 Å². The number of ether oxygens (including phenoxy) is 1. The van der Waals surface area contributed by atoms with Crippen molar-refractivity contribution in [2.75, 3.05) is 19.6 Å². The highest BCUT2D eigenvalue weighted by molar-refractivity contribution is 6.22. The van der Waals surface area contributed by atoms with Crippen LogP contribution >= 0.6 is 0 Å². The standard InChI is InChI=1S/C19H15N5O4/c20-9-15-17(22-7-6-21-15)28-12-5-8-23(10-12)16(25)11-24-18(26)13-3-1-2-4-14(13)19(24)27/h1-4,6-7,12H,5,8,10-11H2.